The molecule has 1 aromatic carbocycles. The lowest BCUT2D eigenvalue weighted by molar-refractivity contribution is 0.0741. The van der Waals surface area contributed by atoms with Gasteiger partial charge in [0.25, 0.3) is 5.91 Å². The van der Waals surface area contributed by atoms with Gasteiger partial charge in [-0.25, -0.2) is 4.98 Å². The second-order valence-corrected chi connectivity index (χ2v) is 8.12. The number of benzene rings is 1. The lowest BCUT2D eigenvalue weighted by Crippen LogP contribution is -2.32. The second kappa shape index (κ2) is 8.38. The number of aryl methyl sites for hydroxylation is 1. The first kappa shape index (κ1) is 17.8. The predicted molar refractivity (Wildman–Crippen MR) is 104 cm³/mol. The van der Waals surface area contributed by atoms with Crippen LogP contribution < -0.4 is 5.73 Å². The van der Waals surface area contributed by atoms with Gasteiger partial charge in [0, 0.05) is 28.2 Å². The fraction of sp³-hybridized carbons (Fsp3) is 0.263. The number of carbonyl (C=O) groups is 1. The maximum atomic E-state index is 12.9. The fourth-order valence-electron chi connectivity index (χ4n) is 2.58. The number of nitrogens with two attached hydrogens (primary N) is 1. The Labute approximate surface area is 155 Å². The molecule has 25 heavy (non-hydrogen) atoms. The Bertz CT molecular complexity index is 826. The third-order valence-electron chi connectivity index (χ3n) is 3.89. The van der Waals surface area contributed by atoms with Crippen LogP contribution in [0.4, 0.5) is 0 Å². The molecule has 2 heterocycles. The topological polar surface area (TPSA) is 59.2 Å². The van der Waals surface area contributed by atoms with Crippen LogP contribution in [0.2, 0.25) is 0 Å². The molecule has 0 bridgehead atoms. The van der Waals surface area contributed by atoms with E-state index in [0.29, 0.717) is 25.3 Å². The van der Waals surface area contributed by atoms with Crippen molar-refractivity contribution < 1.29 is 4.79 Å². The summed E-state index contributed by atoms with van der Waals surface area (Å²) in [6.07, 6.45) is 0.824. The quantitative estimate of drug-likeness (QED) is 0.686. The van der Waals surface area contributed by atoms with Crippen molar-refractivity contribution in [2.24, 2.45) is 5.73 Å². The average Bonchev–Trinajstić information content (AvgIpc) is 3.27. The summed E-state index contributed by atoms with van der Waals surface area (Å²) in [6.45, 7) is 3.72. The van der Waals surface area contributed by atoms with Gasteiger partial charge in [-0.15, -0.1) is 22.7 Å². The van der Waals surface area contributed by atoms with E-state index in [1.165, 1.54) is 26.7 Å². The number of rotatable bonds is 7. The molecule has 6 heteroatoms. The van der Waals surface area contributed by atoms with Crippen LogP contribution in [0.3, 0.4) is 0 Å². The van der Waals surface area contributed by atoms with Gasteiger partial charge in [0.2, 0.25) is 0 Å². The molecule has 0 unspecified atom stereocenters. The predicted octanol–water partition coefficient (Wildman–Crippen LogP) is 3.86. The van der Waals surface area contributed by atoms with Crippen molar-refractivity contribution in [1.29, 1.82) is 0 Å². The third kappa shape index (κ3) is 4.75. The van der Waals surface area contributed by atoms with Crippen LogP contribution >= 0.6 is 22.7 Å². The summed E-state index contributed by atoms with van der Waals surface area (Å²) in [7, 11) is 0. The van der Waals surface area contributed by atoms with E-state index in [1.807, 2.05) is 23.1 Å². The molecular weight excluding hydrogens is 350 g/mol. The summed E-state index contributed by atoms with van der Waals surface area (Å²) >= 11 is 3.17. The van der Waals surface area contributed by atoms with Gasteiger partial charge in [0.1, 0.15) is 10.7 Å². The van der Waals surface area contributed by atoms with Gasteiger partial charge in [0.05, 0.1) is 6.54 Å². The van der Waals surface area contributed by atoms with E-state index in [0.717, 1.165) is 11.4 Å². The van der Waals surface area contributed by atoms with Gasteiger partial charge in [-0.05, 0) is 31.0 Å². The molecule has 0 aliphatic rings. The smallest absolute Gasteiger partial charge is 0.273 e. The second-order valence-electron chi connectivity index (χ2n) is 5.81. The monoisotopic (exact) mass is 371 g/mol. The highest BCUT2D eigenvalue weighted by molar-refractivity contribution is 7.11. The van der Waals surface area contributed by atoms with Crippen LogP contribution in [-0.2, 0) is 19.5 Å². The Kier molecular flexibility index (Phi) is 5.96. The number of aromatic nitrogens is 1. The van der Waals surface area contributed by atoms with Crippen LogP contribution in [0.1, 0.15) is 30.8 Å². The summed E-state index contributed by atoms with van der Waals surface area (Å²) in [5.74, 6) is -0.0297. The van der Waals surface area contributed by atoms with Crippen LogP contribution in [0.15, 0.2) is 47.8 Å². The highest BCUT2D eigenvalue weighted by atomic mass is 32.1. The standard InChI is InChI=1S/C19H21N3OS2/c1-14-7-8-16(25-14)12-22(10-9-15-5-3-2-4-6-15)19(23)17-13-24-18(11-20)21-17/h2-8,13H,9-12,20H2,1H3. The minimum atomic E-state index is -0.0297. The lowest BCUT2D eigenvalue weighted by Gasteiger charge is -2.21. The van der Waals surface area contributed by atoms with E-state index in [9.17, 15) is 4.79 Å². The van der Waals surface area contributed by atoms with E-state index >= 15 is 0 Å². The fourth-order valence-corrected chi connectivity index (χ4v) is 4.14. The zero-order valence-electron chi connectivity index (χ0n) is 14.1. The number of amides is 1. The van der Waals surface area contributed by atoms with Gasteiger partial charge < -0.3 is 10.6 Å². The number of thiophene rings is 1. The van der Waals surface area contributed by atoms with Gasteiger partial charge in [-0.2, -0.15) is 0 Å². The molecule has 0 saturated heterocycles. The minimum Gasteiger partial charge on any atom is -0.332 e. The van der Waals surface area contributed by atoms with Crippen molar-refractivity contribution in [3.8, 4) is 0 Å². The summed E-state index contributed by atoms with van der Waals surface area (Å²) in [4.78, 5) is 21.6. The van der Waals surface area contributed by atoms with Gasteiger partial charge in [0.15, 0.2) is 0 Å². The van der Waals surface area contributed by atoms with Crippen molar-refractivity contribution >= 4 is 28.6 Å². The van der Waals surface area contributed by atoms with Gasteiger partial charge in [-0.1, -0.05) is 30.3 Å². The molecule has 0 fully saturated rings. The van der Waals surface area contributed by atoms with Crippen molar-refractivity contribution in [3.05, 3.63) is 73.9 Å². The molecule has 0 atom stereocenters. The Morgan fingerprint density at radius 1 is 1.20 bits per heavy atom. The van der Waals surface area contributed by atoms with Crippen molar-refractivity contribution in [2.45, 2.75) is 26.4 Å². The van der Waals surface area contributed by atoms with E-state index in [2.05, 4.69) is 36.2 Å². The highest BCUT2D eigenvalue weighted by Crippen LogP contribution is 2.19. The number of carbonyl (C=O) groups excluding carboxylic acids is 1. The first-order valence-electron chi connectivity index (χ1n) is 8.18. The maximum absolute atomic E-state index is 12.9. The first-order valence-corrected chi connectivity index (χ1v) is 9.88. The number of nitrogens with zero attached hydrogens (tertiary/aromatic N) is 2. The molecular formula is C19H21N3OS2. The molecule has 2 N–H and O–H groups in total. The van der Waals surface area contributed by atoms with Gasteiger partial charge in [-0.3, -0.25) is 4.79 Å². The summed E-state index contributed by atoms with van der Waals surface area (Å²) < 4.78 is 0. The number of hydrogen-bond donors (Lipinski definition) is 1. The molecule has 2 aromatic heterocycles. The molecule has 0 saturated carbocycles. The third-order valence-corrected chi connectivity index (χ3v) is 5.75. The molecule has 0 aliphatic heterocycles. The van der Waals surface area contributed by atoms with Crippen LogP contribution in [0, 0.1) is 6.92 Å². The normalized spacial score (nSPS) is 10.8. The summed E-state index contributed by atoms with van der Waals surface area (Å²) in [5.41, 5.74) is 7.34. The van der Waals surface area contributed by atoms with Crippen molar-refractivity contribution in [3.63, 3.8) is 0 Å². The van der Waals surface area contributed by atoms with E-state index in [1.54, 1.807) is 16.7 Å². The molecule has 0 radical (unpaired) electrons. The first-order chi connectivity index (χ1) is 12.2. The molecule has 4 nitrogen and oxygen atoms in total. The Hall–Kier alpha value is -2.02. The molecule has 3 rings (SSSR count). The van der Waals surface area contributed by atoms with Crippen LogP contribution in [0.25, 0.3) is 0 Å². The molecule has 0 aliphatic carbocycles. The Morgan fingerprint density at radius 2 is 2.00 bits per heavy atom. The maximum Gasteiger partial charge on any atom is 0.273 e. The molecule has 1 amide bonds. The Balaban J connectivity index is 1.76. The highest BCUT2D eigenvalue weighted by Gasteiger charge is 2.19. The van der Waals surface area contributed by atoms with Gasteiger partial charge >= 0.3 is 0 Å². The molecule has 0 spiro atoms. The zero-order chi connectivity index (χ0) is 17.6. The van der Waals surface area contributed by atoms with E-state index in [4.69, 9.17) is 5.73 Å². The average molecular weight is 372 g/mol. The molecule has 130 valence electrons. The zero-order valence-corrected chi connectivity index (χ0v) is 15.8. The largest absolute Gasteiger partial charge is 0.332 e. The van der Waals surface area contributed by atoms with Crippen molar-refractivity contribution in [1.82, 2.24) is 9.88 Å². The van der Waals surface area contributed by atoms with Crippen molar-refractivity contribution in [2.75, 3.05) is 6.54 Å². The van der Waals surface area contributed by atoms with E-state index in [-0.39, 0.29) is 5.91 Å². The number of hydrogen-bond acceptors (Lipinski definition) is 5. The Morgan fingerprint density at radius 3 is 2.64 bits per heavy atom. The summed E-state index contributed by atoms with van der Waals surface area (Å²) in [6, 6.07) is 14.4. The minimum absolute atomic E-state index is 0.0297. The number of thiazole rings is 1. The SMILES string of the molecule is Cc1ccc(CN(CCc2ccccc2)C(=O)c2csc(CN)n2)s1. The molecule has 3 aromatic rings. The summed E-state index contributed by atoms with van der Waals surface area (Å²) in [5, 5.41) is 2.60. The van der Waals surface area contributed by atoms with Crippen LogP contribution in [-0.4, -0.2) is 22.3 Å². The lowest BCUT2D eigenvalue weighted by atomic mass is 10.1. The van der Waals surface area contributed by atoms with Crippen LogP contribution in [0.5, 0.6) is 0 Å². The van der Waals surface area contributed by atoms with E-state index < -0.39 is 0 Å².